The smallest absolute Gasteiger partial charge is 0.237 e. The molecule has 1 aliphatic heterocycles. The van der Waals surface area contributed by atoms with Crippen LogP contribution >= 0.6 is 27.5 Å². The Labute approximate surface area is 107 Å². The van der Waals surface area contributed by atoms with E-state index in [9.17, 15) is 4.79 Å². The minimum atomic E-state index is -0.0303. The van der Waals surface area contributed by atoms with Gasteiger partial charge in [0.1, 0.15) is 17.7 Å². The van der Waals surface area contributed by atoms with E-state index in [1.165, 1.54) is 0 Å². The van der Waals surface area contributed by atoms with Crippen molar-refractivity contribution >= 4 is 33.4 Å². The van der Waals surface area contributed by atoms with Gasteiger partial charge in [-0.1, -0.05) is 15.9 Å². The van der Waals surface area contributed by atoms with Crippen molar-refractivity contribution in [2.24, 2.45) is 0 Å². The molecule has 0 bridgehead atoms. The molecule has 3 nitrogen and oxygen atoms in total. The summed E-state index contributed by atoms with van der Waals surface area (Å²) < 4.78 is 6.69. The molecule has 0 atom stereocenters. The molecule has 0 unspecified atom stereocenters. The molecule has 0 N–H and O–H groups in total. The normalized spacial score (nSPS) is 15.8. The van der Waals surface area contributed by atoms with Crippen molar-refractivity contribution in [1.29, 1.82) is 0 Å². The molecule has 1 fully saturated rings. The maximum absolute atomic E-state index is 11.2. The molecule has 1 saturated heterocycles. The number of likely N-dealkylation sites (tertiary alicyclic amines) is 1. The summed E-state index contributed by atoms with van der Waals surface area (Å²) in [6.45, 7) is 1.25. The average molecular weight is 305 g/mol. The van der Waals surface area contributed by atoms with E-state index in [1.54, 1.807) is 4.90 Å². The van der Waals surface area contributed by atoms with E-state index in [4.69, 9.17) is 16.3 Å². The first kappa shape index (κ1) is 11.7. The standard InChI is InChI=1S/C11H11BrClNO2/c12-8-1-3-9(4-2-8)16-10-6-14(7-10)11(15)5-13/h1-4,10H,5-7H2. The van der Waals surface area contributed by atoms with Crippen LogP contribution in [0.15, 0.2) is 28.7 Å². The topological polar surface area (TPSA) is 29.5 Å². The summed E-state index contributed by atoms with van der Waals surface area (Å²) in [5, 5.41) is 0. The number of alkyl halides is 1. The zero-order chi connectivity index (χ0) is 11.5. The number of amides is 1. The lowest BCUT2D eigenvalue weighted by molar-refractivity contribution is -0.137. The highest BCUT2D eigenvalue weighted by atomic mass is 79.9. The van der Waals surface area contributed by atoms with Crippen molar-refractivity contribution < 1.29 is 9.53 Å². The van der Waals surface area contributed by atoms with E-state index >= 15 is 0 Å². The summed E-state index contributed by atoms with van der Waals surface area (Å²) in [6, 6.07) is 7.65. The largest absolute Gasteiger partial charge is 0.487 e. The Hall–Kier alpha value is -0.740. The highest BCUT2D eigenvalue weighted by Crippen LogP contribution is 2.20. The second-order valence-corrected chi connectivity index (χ2v) is 4.81. The van der Waals surface area contributed by atoms with Gasteiger partial charge in [-0.15, -0.1) is 11.6 Å². The number of nitrogens with zero attached hydrogens (tertiary/aromatic N) is 1. The fourth-order valence-corrected chi connectivity index (χ4v) is 1.94. The maximum atomic E-state index is 11.2. The Morgan fingerprint density at radius 1 is 1.44 bits per heavy atom. The summed E-state index contributed by atoms with van der Waals surface area (Å²) >= 11 is 8.81. The molecule has 16 heavy (non-hydrogen) atoms. The highest BCUT2D eigenvalue weighted by Gasteiger charge is 2.31. The number of rotatable bonds is 3. The van der Waals surface area contributed by atoms with Gasteiger partial charge in [-0.2, -0.15) is 0 Å². The van der Waals surface area contributed by atoms with Crippen molar-refractivity contribution in [3.8, 4) is 5.75 Å². The van der Waals surface area contributed by atoms with Crippen molar-refractivity contribution in [3.05, 3.63) is 28.7 Å². The average Bonchev–Trinajstić information content (AvgIpc) is 2.24. The third-order valence-electron chi connectivity index (χ3n) is 2.43. The van der Waals surface area contributed by atoms with Crippen LogP contribution in [-0.2, 0) is 4.79 Å². The Kier molecular flexibility index (Phi) is 3.71. The molecule has 1 amide bonds. The lowest BCUT2D eigenvalue weighted by Crippen LogP contribution is -2.56. The Morgan fingerprint density at radius 3 is 2.62 bits per heavy atom. The molecule has 0 saturated carbocycles. The van der Waals surface area contributed by atoms with Crippen molar-refractivity contribution in [3.63, 3.8) is 0 Å². The lowest BCUT2D eigenvalue weighted by atomic mass is 10.1. The van der Waals surface area contributed by atoms with Gasteiger partial charge < -0.3 is 9.64 Å². The molecule has 86 valence electrons. The second kappa shape index (κ2) is 5.06. The van der Waals surface area contributed by atoms with Crippen LogP contribution in [0.5, 0.6) is 5.75 Å². The van der Waals surface area contributed by atoms with Gasteiger partial charge in [0.05, 0.1) is 13.1 Å². The Morgan fingerprint density at radius 2 is 2.06 bits per heavy atom. The highest BCUT2D eigenvalue weighted by molar-refractivity contribution is 9.10. The fourth-order valence-electron chi connectivity index (χ4n) is 1.51. The van der Waals surface area contributed by atoms with Crippen LogP contribution < -0.4 is 4.74 Å². The summed E-state index contributed by atoms with van der Waals surface area (Å²) in [5.41, 5.74) is 0. The summed E-state index contributed by atoms with van der Waals surface area (Å²) in [7, 11) is 0. The molecular formula is C11H11BrClNO2. The number of hydrogen-bond donors (Lipinski definition) is 0. The van der Waals surface area contributed by atoms with Crippen LogP contribution in [0.2, 0.25) is 0 Å². The minimum absolute atomic E-state index is 0.0303. The van der Waals surface area contributed by atoms with Gasteiger partial charge in [0.2, 0.25) is 5.91 Å². The molecule has 1 aromatic carbocycles. The monoisotopic (exact) mass is 303 g/mol. The van der Waals surface area contributed by atoms with Gasteiger partial charge >= 0.3 is 0 Å². The number of ether oxygens (including phenoxy) is 1. The van der Waals surface area contributed by atoms with E-state index in [0.29, 0.717) is 13.1 Å². The molecule has 0 aliphatic carbocycles. The predicted octanol–water partition coefficient (Wildman–Crippen LogP) is 2.28. The number of carbonyl (C=O) groups excluding carboxylic acids is 1. The summed E-state index contributed by atoms with van der Waals surface area (Å²) in [4.78, 5) is 12.9. The number of halogens is 2. The predicted molar refractivity (Wildman–Crippen MR) is 65.9 cm³/mol. The molecular weight excluding hydrogens is 293 g/mol. The van der Waals surface area contributed by atoms with Crippen LogP contribution in [0.25, 0.3) is 0 Å². The van der Waals surface area contributed by atoms with Crippen LogP contribution in [-0.4, -0.2) is 35.9 Å². The SMILES string of the molecule is O=C(CCl)N1CC(Oc2ccc(Br)cc2)C1. The summed E-state index contributed by atoms with van der Waals surface area (Å²) in [6.07, 6.45) is 0.0911. The number of carbonyl (C=O) groups is 1. The first-order valence-electron chi connectivity index (χ1n) is 4.95. The molecule has 5 heteroatoms. The number of benzene rings is 1. The minimum Gasteiger partial charge on any atom is -0.487 e. The van der Waals surface area contributed by atoms with Gasteiger partial charge in [-0.25, -0.2) is 0 Å². The third kappa shape index (κ3) is 2.68. The molecule has 0 aromatic heterocycles. The van der Waals surface area contributed by atoms with Gasteiger partial charge in [-0.05, 0) is 24.3 Å². The third-order valence-corrected chi connectivity index (χ3v) is 3.19. The maximum Gasteiger partial charge on any atom is 0.237 e. The molecule has 0 spiro atoms. The first-order chi connectivity index (χ1) is 7.69. The van der Waals surface area contributed by atoms with Crippen molar-refractivity contribution in [1.82, 2.24) is 4.90 Å². The first-order valence-corrected chi connectivity index (χ1v) is 6.28. The molecule has 2 rings (SSSR count). The van der Waals surface area contributed by atoms with Crippen LogP contribution in [0.3, 0.4) is 0 Å². The van der Waals surface area contributed by atoms with Gasteiger partial charge in [0, 0.05) is 4.47 Å². The van der Waals surface area contributed by atoms with Gasteiger partial charge in [0.25, 0.3) is 0 Å². The molecule has 0 radical (unpaired) electrons. The van der Waals surface area contributed by atoms with E-state index in [-0.39, 0.29) is 17.9 Å². The quantitative estimate of drug-likeness (QED) is 0.802. The lowest BCUT2D eigenvalue weighted by Gasteiger charge is -2.38. The van der Waals surface area contributed by atoms with Crippen LogP contribution in [0.1, 0.15) is 0 Å². The van der Waals surface area contributed by atoms with E-state index in [2.05, 4.69) is 15.9 Å². The van der Waals surface area contributed by atoms with Crippen LogP contribution in [0, 0.1) is 0 Å². The van der Waals surface area contributed by atoms with Crippen molar-refractivity contribution in [2.75, 3.05) is 19.0 Å². The Balaban J connectivity index is 1.81. The fraction of sp³-hybridized carbons (Fsp3) is 0.364. The van der Waals surface area contributed by atoms with Gasteiger partial charge in [0.15, 0.2) is 0 Å². The molecule has 1 aliphatic rings. The Bertz CT molecular complexity index is 376. The van der Waals surface area contributed by atoms with E-state index in [1.807, 2.05) is 24.3 Å². The summed E-state index contributed by atoms with van der Waals surface area (Å²) in [5.74, 6) is 0.842. The van der Waals surface area contributed by atoms with E-state index in [0.717, 1.165) is 10.2 Å². The van der Waals surface area contributed by atoms with E-state index < -0.39 is 0 Å². The molecule has 1 aromatic rings. The second-order valence-electron chi connectivity index (χ2n) is 3.63. The number of hydrogen-bond acceptors (Lipinski definition) is 2. The van der Waals surface area contributed by atoms with Gasteiger partial charge in [-0.3, -0.25) is 4.79 Å². The zero-order valence-electron chi connectivity index (χ0n) is 8.53. The van der Waals surface area contributed by atoms with Crippen LogP contribution in [0.4, 0.5) is 0 Å². The van der Waals surface area contributed by atoms with Crippen molar-refractivity contribution in [2.45, 2.75) is 6.10 Å². The molecule has 1 heterocycles. The zero-order valence-corrected chi connectivity index (χ0v) is 10.9.